The van der Waals surface area contributed by atoms with E-state index in [1.54, 1.807) is 24.3 Å². The zero-order valence-electron chi connectivity index (χ0n) is 13.6. The van der Waals surface area contributed by atoms with Gasteiger partial charge in [-0.2, -0.15) is 0 Å². The van der Waals surface area contributed by atoms with E-state index in [0.717, 1.165) is 5.39 Å². The molecule has 0 aliphatic carbocycles. The number of carbonyl (C=O) groups is 1. The average molecular weight is 338 g/mol. The lowest BCUT2D eigenvalue weighted by atomic mass is 10.1. The molecule has 2 aromatic carbocycles. The molecule has 1 heterocycles. The molecule has 0 unspecified atom stereocenters. The maximum atomic E-state index is 14.0. The molecule has 5 nitrogen and oxygen atoms in total. The maximum Gasteiger partial charge on any atom is 0.272 e. The van der Waals surface area contributed by atoms with E-state index in [4.69, 9.17) is 5.73 Å². The van der Waals surface area contributed by atoms with E-state index in [1.807, 2.05) is 24.3 Å². The Morgan fingerprint density at radius 2 is 1.84 bits per heavy atom. The lowest BCUT2D eigenvalue weighted by Crippen LogP contribution is -2.27. The summed E-state index contributed by atoms with van der Waals surface area (Å²) in [5.41, 5.74) is 7.12. The molecule has 25 heavy (non-hydrogen) atoms. The van der Waals surface area contributed by atoms with Gasteiger partial charge in [0.2, 0.25) is 0 Å². The molecule has 0 spiro atoms. The molecular weight excluding hydrogens is 319 g/mol. The molecule has 1 aromatic heterocycles. The minimum atomic E-state index is -0.398. The quantitative estimate of drug-likeness (QED) is 0.603. The molecule has 128 valence electrons. The predicted molar refractivity (Wildman–Crippen MR) is 97.4 cm³/mol. The third-order valence-electron chi connectivity index (χ3n) is 3.75. The number of amides is 1. The van der Waals surface area contributed by atoms with Crippen molar-refractivity contribution < 1.29 is 9.18 Å². The number of pyridine rings is 1. The topological polar surface area (TPSA) is 80.0 Å². The van der Waals surface area contributed by atoms with Crippen molar-refractivity contribution in [2.24, 2.45) is 5.73 Å². The summed E-state index contributed by atoms with van der Waals surface area (Å²) in [6.07, 6.45) is 0.676. The van der Waals surface area contributed by atoms with Gasteiger partial charge in [-0.1, -0.05) is 30.3 Å². The molecule has 0 saturated heterocycles. The van der Waals surface area contributed by atoms with E-state index in [0.29, 0.717) is 30.7 Å². The van der Waals surface area contributed by atoms with E-state index in [1.165, 1.54) is 6.07 Å². The van der Waals surface area contributed by atoms with Crippen LogP contribution < -0.4 is 16.4 Å². The van der Waals surface area contributed by atoms with Crippen molar-refractivity contribution in [3.63, 3.8) is 0 Å². The minimum absolute atomic E-state index is 0.221. The number of nitrogens with one attached hydrogen (secondary N) is 2. The van der Waals surface area contributed by atoms with Crippen molar-refractivity contribution in [1.29, 1.82) is 0 Å². The number of anilines is 2. The number of benzene rings is 2. The van der Waals surface area contributed by atoms with Gasteiger partial charge in [-0.3, -0.25) is 4.79 Å². The number of nitrogens with zero attached hydrogens (tertiary/aromatic N) is 1. The number of rotatable bonds is 6. The highest BCUT2D eigenvalue weighted by Gasteiger charge is 2.15. The van der Waals surface area contributed by atoms with Crippen LogP contribution in [0.3, 0.4) is 0 Å². The zero-order chi connectivity index (χ0) is 17.6. The molecule has 0 bridgehead atoms. The van der Waals surface area contributed by atoms with Crippen molar-refractivity contribution >= 4 is 28.2 Å². The smallest absolute Gasteiger partial charge is 0.272 e. The standard InChI is InChI=1S/C19H19FN4O/c20-14-7-2-4-9-16(14)23-17-12-13-6-1-3-8-15(13)24-18(17)19(25)22-11-5-10-21/h1-4,6-9,12,23H,5,10-11,21H2,(H,22,25). The molecule has 0 aliphatic heterocycles. The molecule has 1 amide bonds. The van der Waals surface area contributed by atoms with Crippen molar-refractivity contribution in [1.82, 2.24) is 10.3 Å². The van der Waals surface area contributed by atoms with Crippen LogP contribution >= 0.6 is 0 Å². The van der Waals surface area contributed by atoms with Crippen LogP contribution in [0.15, 0.2) is 54.6 Å². The molecule has 0 atom stereocenters. The molecular formula is C19H19FN4O. The summed E-state index contributed by atoms with van der Waals surface area (Å²) >= 11 is 0. The second-order valence-corrected chi connectivity index (χ2v) is 5.58. The SMILES string of the molecule is NCCCNC(=O)c1nc2ccccc2cc1Nc1ccccc1F. The Hall–Kier alpha value is -2.99. The van der Waals surface area contributed by atoms with Crippen LogP contribution in [0.1, 0.15) is 16.9 Å². The first-order valence-electron chi connectivity index (χ1n) is 8.08. The fourth-order valence-corrected chi connectivity index (χ4v) is 2.48. The number of hydrogen-bond acceptors (Lipinski definition) is 4. The van der Waals surface area contributed by atoms with Gasteiger partial charge >= 0.3 is 0 Å². The molecule has 4 N–H and O–H groups in total. The van der Waals surface area contributed by atoms with Crippen LogP contribution in [0.2, 0.25) is 0 Å². The van der Waals surface area contributed by atoms with E-state index >= 15 is 0 Å². The lowest BCUT2D eigenvalue weighted by Gasteiger charge is -2.13. The molecule has 0 saturated carbocycles. The monoisotopic (exact) mass is 338 g/mol. The molecule has 0 aliphatic rings. The first-order chi connectivity index (χ1) is 12.2. The first kappa shape index (κ1) is 16.9. The second kappa shape index (κ2) is 7.72. The van der Waals surface area contributed by atoms with Gasteiger partial charge in [-0.15, -0.1) is 0 Å². The second-order valence-electron chi connectivity index (χ2n) is 5.58. The van der Waals surface area contributed by atoms with Gasteiger partial charge in [0.25, 0.3) is 5.91 Å². The number of halogens is 1. The van der Waals surface area contributed by atoms with Crippen molar-refractivity contribution in [3.8, 4) is 0 Å². The van der Waals surface area contributed by atoms with Crippen LogP contribution in [0.25, 0.3) is 10.9 Å². The van der Waals surface area contributed by atoms with E-state index < -0.39 is 5.82 Å². The highest BCUT2D eigenvalue weighted by molar-refractivity contribution is 6.01. The number of hydrogen-bond donors (Lipinski definition) is 3. The minimum Gasteiger partial charge on any atom is -0.351 e. The number of nitrogens with two attached hydrogens (primary N) is 1. The van der Waals surface area contributed by atoms with Gasteiger partial charge in [0, 0.05) is 11.9 Å². The molecule has 0 radical (unpaired) electrons. The molecule has 6 heteroatoms. The van der Waals surface area contributed by atoms with Crippen LogP contribution in [0.4, 0.5) is 15.8 Å². The summed E-state index contributed by atoms with van der Waals surface area (Å²) in [5.74, 6) is -0.719. The third kappa shape index (κ3) is 3.92. The predicted octanol–water partition coefficient (Wildman–Crippen LogP) is 3.20. The van der Waals surface area contributed by atoms with Crippen molar-refractivity contribution in [2.75, 3.05) is 18.4 Å². The number of fused-ring (bicyclic) bond motifs is 1. The zero-order valence-corrected chi connectivity index (χ0v) is 13.6. The Morgan fingerprint density at radius 1 is 1.08 bits per heavy atom. The maximum absolute atomic E-state index is 14.0. The summed E-state index contributed by atoms with van der Waals surface area (Å²) in [6.45, 7) is 0.953. The normalized spacial score (nSPS) is 10.6. The number of aromatic nitrogens is 1. The Morgan fingerprint density at radius 3 is 2.64 bits per heavy atom. The lowest BCUT2D eigenvalue weighted by molar-refractivity contribution is 0.0950. The summed E-state index contributed by atoms with van der Waals surface area (Å²) in [5, 5.41) is 6.63. The fraction of sp³-hybridized carbons (Fsp3) is 0.158. The van der Waals surface area contributed by atoms with Gasteiger partial charge < -0.3 is 16.4 Å². The molecule has 3 aromatic rings. The van der Waals surface area contributed by atoms with Crippen LogP contribution in [0, 0.1) is 5.82 Å². The highest BCUT2D eigenvalue weighted by Crippen LogP contribution is 2.26. The number of para-hydroxylation sites is 2. The summed E-state index contributed by atoms with van der Waals surface area (Å²) in [7, 11) is 0. The van der Waals surface area contributed by atoms with Crippen LogP contribution in [-0.2, 0) is 0 Å². The van der Waals surface area contributed by atoms with Crippen molar-refractivity contribution in [2.45, 2.75) is 6.42 Å². The van der Waals surface area contributed by atoms with Gasteiger partial charge in [-0.25, -0.2) is 9.37 Å². The number of carbonyl (C=O) groups excluding carboxylic acids is 1. The average Bonchev–Trinajstić information content (AvgIpc) is 2.63. The van der Waals surface area contributed by atoms with Gasteiger partial charge in [0.1, 0.15) is 5.82 Å². The van der Waals surface area contributed by atoms with Crippen LogP contribution in [-0.4, -0.2) is 24.0 Å². The van der Waals surface area contributed by atoms with Gasteiger partial charge in [-0.05, 0) is 37.2 Å². The van der Waals surface area contributed by atoms with E-state index in [2.05, 4.69) is 15.6 Å². The van der Waals surface area contributed by atoms with Gasteiger partial charge in [0.05, 0.1) is 16.9 Å². The van der Waals surface area contributed by atoms with Crippen LogP contribution in [0.5, 0.6) is 0 Å². The third-order valence-corrected chi connectivity index (χ3v) is 3.75. The van der Waals surface area contributed by atoms with Gasteiger partial charge in [0.15, 0.2) is 5.69 Å². The summed E-state index contributed by atoms with van der Waals surface area (Å²) in [4.78, 5) is 17.0. The Labute approximate surface area is 145 Å². The Bertz CT molecular complexity index is 897. The largest absolute Gasteiger partial charge is 0.351 e. The Balaban J connectivity index is 2.00. The molecule has 3 rings (SSSR count). The molecule has 0 fully saturated rings. The summed E-state index contributed by atoms with van der Waals surface area (Å²) < 4.78 is 14.0. The summed E-state index contributed by atoms with van der Waals surface area (Å²) in [6, 6.07) is 15.6. The van der Waals surface area contributed by atoms with E-state index in [-0.39, 0.29) is 17.3 Å². The van der Waals surface area contributed by atoms with Crippen molar-refractivity contribution in [3.05, 3.63) is 66.1 Å². The fourth-order valence-electron chi connectivity index (χ4n) is 2.48. The first-order valence-corrected chi connectivity index (χ1v) is 8.08. The Kier molecular flexibility index (Phi) is 5.20. The van der Waals surface area contributed by atoms with E-state index in [9.17, 15) is 9.18 Å². The highest BCUT2D eigenvalue weighted by atomic mass is 19.1.